The summed E-state index contributed by atoms with van der Waals surface area (Å²) in [6, 6.07) is 0. The highest BCUT2D eigenvalue weighted by atomic mass is 79.9. The maximum absolute atomic E-state index is 12.4. The second-order valence-electron chi connectivity index (χ2n) is 3.00. The topological polar surface area (TPSA) is 70.9 Å². The molecule has 0 aromatic carbocycles. The zero-order chi connectivity index (χ0) is 12.3. The minimum Gasteiger partial charge on any atom is -0.392 e. The van der Waals surface area contributed by atoms with E-state index in [0.717, 1.165) is 0 Å². The third-order valence-electron chi connectivity index (χ3n) is 1.47. The van der Waals surface area contributed by atoms with Gasteiger partial charge in [0.25, 0.3) is 0 Å². The summed E-state index contributed by atoms with van der Waals surface area (Å²) in [5.41, 5.74) is -1.16. The van der Waals surface area contributed by atoms with E-state index < -0.39 is 22.6 Å². The number of nitrogens with one attached hydrogen (secondary N) is 1. The molecule has 1 aromatic heterocycles. The van der Waals surface area contributed by atoms with Gasteiger partial charge in [-0.2, -0.15) is 13.2 Å². The summed E-state index contributed by atoms with van der Waals surface area (Å²) in [5, 5.41) is 18.0. The first-order valence-corrected chi connectivity index (χ1v) is 4.99. The van der Waals surface area contributed by atoms with Crippen molar-refractivity contribution in [1.29, 1.82) is 0 Å². The van der Waals surface area contributed by atoms with Crippen LogP contribution in [0.15, 0.2) is 4.60 Å². The third-order valence-corrected chi connectivity index (χ3v) is 2.00. The summed E-state index contributed by atoms with van der Waals surface area (Å²) < 4.78 is 36.7. The van der Waals surface area contributed by atoms with Crippen molar-refractivity contribution < 1.29 is 18.3 Å². The molecule has 5 nitrogen and oxygen atoms in total. The number of nitrogens with zero attached hydrogens (tertiary/aromatic N) is 3. The lowest BCUT2D eigenvalue weighted by molar-refractivity contribution is -0.142. The van der Waals surface area contributed by atoms with Crippen LogP contribution in [-0.2, 0) is 6.18 Å². The summed E-state index contributed by atoms with van der Waals surface area (Å²) in [5.74, 6) is -0.281. The van der Waals surface area contributed by atoms with Crippen LogP contribution in [0.25, 0.3) is 0 Å². The van der Waals surface area contributed by atoms with Crippen molar-refractivity contribution in [2.45, 2.75) is 19.2 Å². The standard InChI is InChI=1S/C7H8BrF3N4O/c1-3(16)2-12-6-13-4(7(9,10)11)5(8)14-15-6/h3,16H,2H2,1H3,(H,12,13,15)/t3-/m1/s1. The van der Waals surface area contributed by atoms with Crippen molar-refractivity contribution in [1.82, 2.24) is 15.2 Å². The van der Waals surface area contributed by atoms with E-state index in [1.165, 1.54) is 6.92 Å². The third kappa shape index (κ3) is 3.56. The highest BCUT2D eigenvalue weighted by Gasteiger charge is 2.36. The molecule has 0 saturated carbocycles. The second kappa shape index (κ2) is 4.91. The Hall–Kier alpha value is -0.960. The summed E-state index contributed by atoms with van der Waals surface area (Å²) in [7, 11) is 0. The van der Waals surface area contributed by atoms with Crippen molar-refractivity contribution in [2.75, 3.05) is 11.9 Å². The predicted octanol–water partition coefficient (Wildman–Crippen LogP) is 1.45. The highest BCUT2D eigenvalue weighted by Crippen LogP contribution is 2.32. The van der Waals surface area contributed by atoms with Gasteiger partial charge >= 0.3 is 6.18 Å². The number of anilines is 1. The van der Waals surface area contributed by atoms with E-state index in [1.54, 1.807) is 0 Å². The van der Waals surface area contributed by atoms with E-state index in [0.29, 0.717) is 0 Å². The van der Waals surface area contributed by atoms with Gasteiger partial charge in [-0.05, 0) is 22.9 Å². The smallest absolute Gasteiger partial charge is 0.392 e. The van der Waals surface area contributed by atoms with Gasteiger partial charge in [0, 0.05) is 6.54 Å². The first-order chi connectivity index (χ1) is 7.30. The average Bonchev–Trinajstić information content (AvgIpc) is 2.14. The molecule has 1 rings (SSSR count). The lowest BCUT2D eigenvalue weighted by atomic mass is 10.4. The molecule has 0 bridgehead atoms. The molecule has 0 unspecified atom stereocenters. The molecule has 0 aliphatic heterocycles. The molecule has 0 spiro atoms. The minimum absolute atomic E-state index is 0.0423. The van der Waals surface area contributed by atoms with E-state index in [-0.39, 0.29) is 12.5 Å². The second-order valence-corrected chi connectivity index (χ2v) is 3.75. The molecular formula is C7H8BrF3N4O. The van der Waals surface area contributed by atoms with Gasteiger partial charge in [0.15, 0.2) is 10.3 Å². The number of alkyl halides is 3. The number of hydrogen-bond donors (Lipinski definition) is 2. The van der Waals surface area contributed by atoms with E-state index in [4.69, 9.17) is 5.11 Å². The van der Waals surface area contributed by atoms with E-state index >= 15 is 0 Å². The summed E-state index contributed by atoms with van der Waals surface area (Å²) >= 11 is 2.61. The van der Waals surface area contributed by atoms with Crippen molar-refractivity contribution >= 4 is 21.9 Å². The maximum Gasteiger partial charge on any atom is 0.436 e. The molecule has 0 saturated heterocycles. The van der Waals surface area contributed by atoms with Crippen LogP contribution in [0.1, 0.15) is 12.6 Å². The highest BCUT2D eigenvalue weighted by molar-refractivity contribution is 9.10. The van der Waals surface area contributed by atoms with Crippen LogP contribution in [-0.4, -0.2) is 32.9 Å². The Bertz CT molecular complexity index is 371. The van der Waals surface area contributed by atoms with Crippen LogP contribution in [0.5, 0.6) is 0 Å². The summed E-state index contributed by atoms with van der Waals surface area (Å²) in [6.07, 6.45) is -5.32. The van der Waals surface area contributed by atoms with E-state index in [2.05, 4.69) is 36.4 Å². The molecule has 9 heteroatoms. The molecule has 90 valence electrons. The zero-order valence-corrected chi connectivity index (χ0v) is 9.67. The first-order valence-electron chi connectivity index (χ1n) is 4.20. The number of rotatable bonds is 3. The van der Waals surface area contributed by atoms with Gasteiger partial charge in [0.2, 0.25) is 5.95 Å². The molecule has 1 aromatic rings. The molecule has 2 N–H and O–H groups in total. The Morgan fingerprint density at radius 2 is 2.06 bits per heavy atom. The maximum atomic E-state index is 12.4. The molecule has 16 heavy (non-hydrogen) atoms. The van der Waals surface area contributed by atoms with Gasteiger partial charge in [-0.25, -0.2) is 4.98 Å². The van der Waals surface area contributed by atoms with E-state index in [1.807, 2.05) is 0 Å². The number of aromatic nitrogens is 3. The minimum atomic E-state index is -4.60. The van der Waals surface area contributed by atoms with Crippen LogP contribution in [0.2, 0.25) is 0 Å². The van der Waals surface area contributed by atoms with Gasteiger partial charge in [-0.3, -0.25) is 0 Å². The van der Waals surface area contributed by atoms with Gasteiger partial charge in [-0.15, -0.1) is 10.2 Å². The fourth-order valence-electron chi connectivity index (χ4n) is 0.807. The monoisotopic (exact) mass is 300 g/mol. The Morgan fingerprint density at radius 3 is 2.56 bits per heavy atom. The molecule has 1 atom stereocenters. The average molecular weight is 301 g/mol. The predicted molar refractivity (Wildman–Crippen MR) is 52.7 cm³/mol. The lowest BCUT2D eigenvalue weighted by Gasteiger charge is -2.10. The Labute approximate surface area is 97.2 Å². The quantitative estimate of drug-likeness (QED) is 0.884. The van der Waals surface area contributed by atoms with Gasteiger partial charge in [-0.1, -0.05) is 0 Å². The van der Waals surface area contributed by atoms with Gasteiger partial charge < -0.3 is 10.4 Å². The van der Waals surface area contributed by atoms with Crippen LogP contribution in [0, 0.1) is 0 Å². The fraction of sp³-hybridized carbons (Fsp3) is 0.571. The largest absolute Gasteiger partial charge is 0.436 e. The van der Waals surface area contributed by atoms with Crippen molar-refractivity contribution in [2.24, 2.45) is 0 Å². The zero-order valence-electron chi connectivity index (χ0n) is 8.09. The van der Waals surface area contributed by atoms with Crippen molar-refractivity contribution in [3.63, 3.8) is 0 Å². The number of halogens is 4. The fourth-order valence-corrected chi connectivity index (χ4v) is 1.20. The summed E-state index contributed by atoms with van der Waals surface area (Å²) in [6.45, 7) is 1.52. The number of hydrogen-bond acceptors (Lipinski definition) is 5. The van der Waals surface area contributed by atoms with Crippen molar-refractivity contribution in [3.05, 3.63) is 10.3 Å². The van der Waals surface area contributed by atoms with Crippen LogP contribution in [0.3, 0.4) is 0 Å². The molecule has 0 amide bonds. The van der Waals surface area contributed by atoms with Crippen LogP contribution in [0.4, 0.5) is 19.1 Å². The number of aliphatic hydroxyl groups excluding tert-OH is 1. The lowest BCUT2D eigenvalue weighted by Crippen LogP contribution is -2.19. The van der Waals surface area contributed by atoms with Crippen LogP contribution < -0.4 is 5.32 Å². The Morgan fingerprint density at radius 1 is 1.44 bits per heavy atom. The van der Waals surface area contributed by atoms with Gasteiger partial charge in [0.1, 0.15) is 0 Å². The number of aliphatic hydroxyl groups is 1. The summed E-state index contributed by atoms with van der Waals surface area (Å²) in [4.78, 5) is 3.25. The molecule has 0 aliphatic carbocycles. The molecular weight excluding hydrogens is 293 g/mol. The van der Waals surface area contributed by atoms with Crippen LogP contribution >= 0.6 is 15.9 Å². The Balaban J connectivity index is 2.90. The molecule has 0 aliphatic rings. The molecule has 0 fully saturated rings. The van der Waals surface area contributed by atoms with E-state index in [9.17, 15) is 13.2 Å². The Kier molecular flexibility index (Phi) is 4.03. The first kappa shape index (κ1) is 13.1. The molecule has 1 heterocycles. The molecule has 0 radical (unpaired) electrons. The SMILES string of the molecule is C[C@@H](O)CNc1nnc(Br)c(C(F)(F)F)n1. The van der Waals surface area contributed by atoms with Crippen molar-refractivity contribution in [3.8, 4) is 0 Å². The van der Waals surface area contributed by atoms with Gasteiger partial charge in [0.05, 0.1) is 6.10 Å². The normalized spacial score (nSPS) is 13.6.